The summed E-state index contributed by atoms with van der Waals surface area (Å²) in [4.78, 5) is 18.3. The highest BCUT2D eigenvalue weighted by Crippen LogP contribution is 2.13. The number of amides is 1. The molecule has 1 aromatic rings. The number of aliphatic imine (C=N–C) groups is 1. The third kappa shape index (κ3) is 5.90. The van der Waals surface area contributed by atoms with Crippen LogP contribution in [0.5, 0.6) is 0 Å². The molecule has 23 heavy (non-hydrogen) atoms. The topological polar surface area (TPSA) is 80.0 Å². The van der Waals surface area contributed by atoms with Crippen molar-refractivity contribution in [2.45, 2.75) is 26.8 Å². The van der Waals surface area contributed by atoms with E-state index < -0.39 is 0 Å². The van der Waals surface area contributed by atoms with E-state index in [9.17, 15) is 4.79 Å². The average Bonchev–Trinajstić information content (AvgIpc) is 2.53. The van der Waals surface area contributed by atoms with E-state index in [2.05, 4.69) is 10.3 Å². The van der Waals surface area contributed by atoms with Gasteiger partial charge in [-0.1, -0.05) is 26.0 Å². The Morgan fingerprint density at radius 1 is 1.39 bits per heavy atom. The predicted octanol–water partition coefficient (Wildman–Crippen LogP) is 1.82. The summed E-state index contributed by atoms with van der Waals surface area (Å²) in [6.07, 6.45) is 0.520. The molecule has 3 N–H and O–H groups in total. The average molecular weight is 318 g/mol. The fraction of sp³-hybridized carbons (Fsp3) is 0.529. The van der Waals surface area contributed by atoms with Crippen molar-refractivity contribution in [3.63, 3.8) is 0 Å². The van der Waals surface area contributed by atoms with Crippen LogP contribution in [0.4, 0.5) is 5.69 Å². The molecule has 2 rings (SSSR count). The lowest BCUT2D eigenvalue weighted by Crippen LogP contribution is -2.44. The fourth-order valence-electron chi connectivity index (χ4n) is 2.39. The van der Waals surface area contributed by atoms with Gasteiger partial charge in [0.05, 0.1) is 19.8 Å². The van der Waals surface area contributed by atoms with Gasteiger partial charge in [-0.05, 0) is 23.6 Å². The van der Waals surface area contributed by atoms with Gasteiger partial charge in [0.25, 0.3) is 0 Å². The van der Waals surface area contributed by atoms with Crippen molar-refractivity contribution in [3.8, 4) is 0 Å². The van der Waals surface area contributed by atoms with Crippen molar-refractivity contribution < 1.29 is 9.53 Å². The predicted molar refractivity (Wildman–Crippen MR) is 92.2 cm³/mol. The monoisotopic (exact) mass is 318 g/mol. The van der Waals surface area contributed by atoms with Gasteiger partial charge in [-0.25, -0.2) is 4.99 Å². The van der Waals surface area contributed by atoms with E-state index in [1.807, 2.05) is 43.0 Å². The third-order valence-electron chi connectivity index (χ3n) is 3.56. The molecule has 0 aromatic heterocycles. The van der Waals surface area contributed by atoms with Crippen molar-refractivity contribution in [1.29, 1.82) is 0 Å². The van der Waals surface area contributed by atoms with E-state index in [1.54, 1.807) is 0 Å². The smallest absolute Gasteiger partial charge is 0.224 e. The number of hydrogen-bond donors (Lipinski definition) is 2. The van der Waals surface area contributed by atoms with Crippen LogP contribution in [0.15, 0.2) is 29.3 Å². The Morgan fingerprint density at radius 2 is 2.13 bits per heavy atom. The highest BCUT2D eigenvalue weighted by atomic mass is 16.5. The third-order valence-corrected chi connectivity index (χ3v) is 3.56. The molecule has 0 radical (unpaired) electrons. The molecule has 0 bridgehead atoms. The summed E-state index contributed by atoms with van der Waals surface area (Å²) in [6, 6.07) is 7.72. The van der Waals surface area contributed by atoms with Crippen LogP contribution in [-0.4, -0.2) is 43.1 Å². The number of nitrogens with two attached hydrogens (primary N) is 1. The second-order valence-corrected chi connectivity index (χ2v) is 6.12. The summed E-state index contributed by atoms with van der Waals surface area (Å²) < 4.78 is 5.30. The number of nitrogens with one attached hydrogen (secondary N) is 1. The zero-order valence-corrected chi connectivity index (χ0v) is 13.9. The number of benzene rings is 1. The first-order valence-electron chi connectivity index (χ1n) is 8.06. The van der Waals surface area contributed by atoms with E-state index in [1.165, 1.54) is 0 Å². The van der Waals surface area contributed by atoms with E-state index >= 15 is 0 Å². The van der Waals surface area contributed by atoms with Crippen molar-refractivity contribution in [2.75, 3.05) is 31.6 Å². The summed E-state index contributed by atoms with van der Waals surface area (Å²) in [5.41, 5.74) is 7.84. The van der Waals surface area contributed by atoms with Gasteiger partial charge in [0.15, 0.2) is 5.96 Å². The summed E-state index contributed by atoms with van der Waals surface area (Å²) in [5.74, 6) is 0.923. The van der Waals surface area contributed by atoms with Crippen LogP contribution in [0.3, 0.4) is 0 Å². The minimum atomic E-state index is 0.0356. The van der Waals surface area contributed by atoms with Crippen LogP contribution in [0.2, 0.25) is 0 Å². The van der Waals surface area contributed by atoms with Gasteiger partial charge in [0.1, 0.15) is 0 Å². The standard InChI is InChI=1S/C17H26N4O2/c1-13(2)10-16(22)20-15-5-3-4-14(11-15)12-19-17(18)21-6-8-23-9-7-21/h3-5,11,13H,6-10,12H2,1-2H3,(H2,18,19)(H,20,22). The molecule has 1 saturated heterocycles. The van der Waals surface area contributed by atoms with Crippen molar-refractivity contribution >= 4 is 17.6 Å². The lowest BCUT2D eigenvalue weighted by atomic mass is 10.1. The van der Waals surface area contributed by atoms with Gasteiger partial charge in [0, 0.05) is 25.2 Å². The fourth-order valence-corrected chi connectivity index (χ4v) is 2.39. The summed E-state index contributed by atoms with van der Waals surface area (Å²) >= 11 is 0. The molecule has 1 aliphatic rings. The molecule has 0 atom stereocenters. The van der Waals surface area contributed by atoms with Crippen LogP contribution in [0, 0.1) is 5.92 Å². The molecule has 1 fully saturated rings. The van der Waals surface area contributed by atoms with Crippen LogP contribution >= 0.6 is 0 Å². The number of carbonyl (C=O) groups excluding carboxylic acids is 1. The summed E-state index contributed by atoms with van der Waals surface area (Å²) in [6.45, 7) is 7.48. The number of morpholine rings is 1. The first-order chi connectivity index (χ1) is 11.0. The van der Waals surface area contributed by atoms with E-state index in [0.717, 1.165) is 24.3 Å². The summed E-state index contributed by atoms with van der Waals surface area (Å²) in [5, 5.41) is 2.92. The quantitative estimate of drug-likeness (QED) is 0.641. The Hall–Kier alpha value is -2.08. The Morgan fingerprint density at radius 3 is 2.83 bits per heavy atom. The van der Waals surface area contributed by atoms with Crippen LogP contribution in [0.1, 0.15) is 25.8 Å². The molecule has 0 unspecified atom stereocenters. The molecule has 0 aliphatic carbocycles. The lowest BCUT2D eigenvalue weighted by molar-refractivity contribution is -0.116. The Balaban J connectivity index is 1.92. The molecule has 1 heterocycles. The molecule has 1 aliphatic heterocycles. The molecule has 6 nitrogen and oxygen atoms in total. The largest absolute Gasteiger partial charge is 0.378 e. The maximum atomic E-state index is 11.8. The lowest BCUT2D eigenvalue weighted by Gasteiger charge is -2.27. The van der Waals surface area contributed by atoms with Crippen LogP contribution in [-0.2, 0) is 16.1 Å². The number of ether oxygens (including phenoxy) is 1. The number of anilines is 1. The van der Waals surface area contributed by atoms with Crippen molar-refractivity contribution in [2.24, 2.45) is 16.6 Å². The zero-order chi connectivity index (χ0) is 16.7. The molecule has 6 heteroatoms. The number of rotatable bonds is 5. The van der Waals surface area contributed by atoms with Gasteiger partial charge in [-0.15, -0.1) is 0 Å². The Kier molecular flexibility index (Phi) is 6.40. The van der Waals surface area contributed by atoms with Crippen molar-refractivity contribution in [3.05, 3.63) is 29.8 Å². The highest BCUT2D eigenvalue weighted by Gasteiger charge is 2.12. The number of carbonyl (C=O) groups is 1. The van der Waals surface area contributed by atoms with Gasteiger partial charge < -0.3 is 20.7 Å². The highest BCUT2D eigenvalue weighted by molar-refractivity contribution is 5.90. The maximum Gasteiger partial charge on any atom is 0.224 e. The minimum absolute atomic E-state index is 0.0356. The van der Waals surface area contributed by atoms with Gasteiger partial charge in [-0.2, -0.15) is 0 Å². The van der Waals surface area contributed by atoms with Gasteiger partial charge in [0.2, 0.25) is 5.91 Å². The Bertz CT molecular complexity index is 551. The van der Waals surface area contributed by atoms with Crippen LogP contribution < -0.4 is 11.1 Å². The number of nitrogens with zero attached hydrogens (tertiary/aromatic N) is 2. The van der Waals surface area contributed by atoms with E-state index in [0.29, 0.717) is 38.1 Å². The number of guanidine groups is 1. The molecule has 0 saturated carbocycles. The maximum absolute atomic E-state index is 11.8. The minimum Gasteiger partial charge on any atom is -0.378 e. The van der Waals surface area contributed by atoms with Crippen molar-refractivity contribution in [1.82, 2.24) is 4.90 Å². The second-order valence-electron chi connectivity index (χ2n) is 6.12. The second kappa shape index (κ2) is 8.53. The van der Waals surface area contributed by atoms with Crippen LogP contribution in [0.25, 0.3) is 0 Å². The molecule has 1 aromatic carbocycles. The first-order valence-corrected chi connectivity index (χ1v) is 8.06. The zero-order valence-electron chi connectivity index (χ0n) is 13.9. The van der Waals surface area contributed by atoms with Gasteiger partial charge in [-0.3, -0.25) is 4.79 Å². The normalized spacial score (nSPS) is 15.8. The van der Waals surface area contributed by atoms with Gasteiger partial charge >= 0.3 is 0 Å². The molecular formula is C17H26N4O2. The molecule has 0 spiro atoms. The van der Waals surface area contributed by atoms with E-state index in [-0.39, 0.29) is 5.91 Å². The number of hydrogen-bond acceptors (Lipinski definition) is 3. The summed E-state index contributed by atoms with van der Waals surface area (Å²) in [7, 11) is 0. The SMILES string of the molecule is CC(C)CC(=O)Nc1cccc(CN=C(N)N2CCOCC2)c1. The van der Waals surface area contributed by atoms with E-state index in [4.69, 9.17) is 10.5 Å². The molecule has 1 amide bonds. The Labute approximate surface area is 137 Å². The molecule has 126 valence electrons. The first kappa shape index (κ1) is 17.3. The molecular weight excluding hydrogens is 292 g/mol.